The van der Waals surface area contributed by atoms with Gasteiger partial charge in [0.1, 0.15) is 0 Å². The summed E-state index contributed by atoms with van der Waals surface area (Å²) in [7, 11) is -3.38. The molecular weight excluding hydrogens is 398 g/mol. The predicted molar refractivity (Wildman–Crippen MR) is 120 cm³/mol. The highest BCUT2D eigenvalue weighted by Gasteiger charge is 2.38. The summed E-state index contributed by atoms with van der Waals surface area (Å²) in [4.78, 5) is 15.4. The molecule has 0 aromatic heterocycles. The number of likely N-dealkylation sites (tertiary alicyclic amines) is 1. The molecule has 2 fully saturated rings. The van der Waals surface area contributed by atoms with Crippen LogP contribution in [0, 0.1) is 11.8 Å². The number of carbonyl (C=O) groups is 1. The second-order valence-electron chi connectivity index (χ2n) is 8.49. The molecule has 0 N–H and O–H groups in total. The van der Waals surface area contributed by atoms with Crippen LogP contribution in [0.4, 0.5) is 0 Å². The highest BCUT2D eigenvalue weighted by atomic mass is 32.2. The maximum Gasteiger partial charge on any atom is 0.281 e. The van der Waals surface area contributed by atoms with Crippen LogP contribution < -0.4 is 0 Å². The Morgan fingerprint density at radius 1 is 0.967 bits per heavy atom. The summed E-state index contributed by atoms with van der Waals surface area (Å²) in [6.45, 7) is 7.41. The van der Waals surface area contributed by atoms with Gasteiger partial charge in [0, 0.05) is 45.2 Å². The van der Waals surface area contributed by atoms with Crippen molar-refractivity contribution in [3.63, 3.8) is 0 Å². The summed E-state index contributed by atoms with van der Waals surface area (Å²) in [6.07, 6.45) is 5.53. The maximum absolute atomic E-state index is 13.3. The van der Waals surface area contributed by atoms with Crippen LogP contribution in [0.1, 0.15) is 51.5 Å². The number of hydrogen-bond acceptors (Lipinski definition) is 3. The molecule has 0 aliphatic carbocycles. The van der Waals surface area contributed by atoms with E-state index < -0.39 is 10.2 Å². The Balaban J connectivity index is 1.59. The number of rotatable bonds is 8. The molecule has 0 spiro atoms. The van der Waals surface area contributed by atoms with E-state index in [0.29, 0.717) is 26.2 Å². The third-order valence-corrected chi connectivity index (χ3v) is 8.95. The SMILES string of the molecule is CCN(CC)S(=O)(=O)N1CCC([C@H]2CCCCN(CCc3ccccc3)C2=O)CC1. The molecule has 2 aliphatic rings. The van der Waals surface area contributed by atoms with E-state index in [1.807, 2.05) is 32.0 Å². The molecule has 0 bridgehead atoms. The first kappa shape index (κ1) is 23.2. The average molecular weight is 436 g/mol. The second-order valence-corrected chi connectivity index (χ2v) is 10.4. The summed E-state index contributed by atoms with van der Waals surface area (Å²) in [5.74, 6) is 0.619. The fourth-order valence-electron chi connectivity index (χ4n) is 4.93. The Bertz CT molecular complexity index is 772. The van der Waals surface area contributed by atoms with E-state index in [0.717, 1.165) is 51.6 Å². The Morgan fingerprint density at radius 2 is 1.63 bits per heavy atom. The standard InChI is InChI=1S/C23H37N3O3S/c1-3-25(4-2)30(28,29)26-18-14-21(15-19-26)22-12-8-9-16-24(23(22)27)17-13-20-10-6-5-7-11-20/h5-7,10-11,21-22H,3-4,8-9,12-19H2,1-2H3/t22-/m1/s1. The van der Waals surface area contributed by atoms with E-state index in [1.54, 1.807) is 4.31 Å². The lowest BCUT2D eigenvalue weighted by Crippen LogP contribution is -2.49. The van der Waals surface area contributed by atoms with Crippen molar-refractivity contribution in [3.8, 4) is 0 Å². The van der Waals surface area contributed by atoms with Gasteiger partial charge in [0.05, 0.1) is 0 Å². The number of hydrogen-bond donors (Lipinski definition) is 0. The number of carbonyl (C=O) groups excluding carboxylic acids is 1. The zero-order chi connectivity index (χ0) is 21.6. The van der Waals surface area contributed by atoms with E-state index in [9.17, 15) is 13.2 Å². The van der Waals surface area contributed by atoms with Gasteiger partial charge in [0.25, 0.3) is 10.2 Å². The number of benzene rings is 1. The van der Waals surface area contributed by atoms with Crippen LogP contribution in [-0.2, 0) is 21.4 Å². The van der Waals surface area contributed by atoms with Crippen LogP contribution >= 0.6 is 0 Å². The molecule has 30 heavy (non-hydrogen) atoms. The molecular formula is C23H37N3O3S. The summed E-state index contributed by atoms with van der Waals surface area (Å²) >= 11 is 0. The zero-order valence-corrected chi connectivity index (χ0v) is 19.3. The van der Waals surface area contributed by atoms with Crippen molar-refractivity contribution >= 4 is 16.1 Å². The Morgan fingerprint density at radius 3 is 2.27 bits per heavy atom. The molecule has 1 aromatic rings. The fraction of sp³-hybridized carbons (Fsp3) is 0.696. The third-order valence-electron chi connectivity index (χ3n) is 6.76. The molecule has 3 rings (SSSR count). The Labute approximate surface area is 182 Å². The number of piperidine rings is 1. The van der Waals surface area contributed by atoms with Crippen LogP contribution in [0.3, 0.4) is 0 Å². The van der Waals surface area contributed by atoms with Crippen LogP contribution in [0.5, 0.6) is 0 Å². The first-order chi connectivity index (χ1) is 14.5. The number of amides is 1. The van der Waals surface area contributed by atoms with Gasteiger partial charge in [-0.05, 0) is 43.6 Å². The average Bonchev–Trinajstić information content (AvgIpc) is 2.95. The van der Waals surface area contributed by atoms with Gasteiger partial charge in [-0.1, -0.05) is 50.6 Å². The molecule has 0 unspecified atom stereocenters. The molecule has 1 aromatic carbocycles. The lowest BCUT2D eigenvalue weighted by molar-refractivity contribution is -0.137. The molecule has 2 aliphatic heterocycles. The normalized spacial score (nSPS) is 22.4. The van der Waals surface area contributed by atoms with Crippen molar-refractivity contribution in [3.05, 3.63) is 35.9 Å². The molecule has 6 nitrogen and oxygen atoms in total. The van der Waals surface area contributed by atoms with Gasteiger partial charge in [0.15, 0.2) is 0 Å². The van der Waals surface area contributed by atoms with Crippen molar-refractivity contribution in [2.75, 3.05) is 39.3 Å². The van der Waals surface area contributed by atoms with E-state index in [4.69, 9.17) is 0 Å². The molecule has 0 radical (unpaired) electrons. The topological polar surface area (TPSA) is 60.9 Å². The third kappa shape index (κ3) is 5.42. The first-order valence-electron chi connectivity index (χ1n) is 11.5. The molecule has 168 valence electrons. The van der Waals surface area contributed by atoms with Gasteiger partial charge in [-0.3, -0.25) is 4.79 Å². The van der Waals surface area contributed by atoms with Gasteiger partial charge in [-0.2, -0.15) is 17.0 Å². The highest BCUT2D eigenvalue weighted by molar-refractivity contribution is 7.86. The summed E-state index contributed by atoms with van der Waals surface area (Å²) < 4.78 is 28.7. The van der Waals surface area contributed by atoms with Crippen LogP contribution in [0.2, 0.25) is 0 Å². The zero-order valence-electron chi connectivity index (χ0n) is 18.5. The summed E-state index contributed by atoms with van der Waals surface area (Å²) in [6, 6.07) is 10.3. The van der Waals surface area contributed by atoms with Crippen molar-refractivity contribution in [2.45, 2.75) is 52.4 Å². The minimum Gasteiger partial charge on any atom is -0.342 e. The lowest BCUT2D eigenvalue weighted by Gasteiger charge is -2.37. The van der Waals surface area contributed by atoms with Crippen LogP contribution in [0.15, 0.2) is 30.3 Å². The molecule has 2 saturated heterocycles. The Hall–Kier alpha value is -1.44. The van der Waals surface area contributed by atoms with Crippen LogP contribution in [-0.4, -0.2) is 67.1 Å². The highest BCUT2D eigenvalue weighted by Crippen LogP contribution is 2.33. The quantitative estimate of drug-likeness (QED) is 0.630. The predicted octanol–water partition coefficient (Wildman–Crippen LogP) is 3.16. The number of nitrogens with zero attached hydrogens (tertiary/aromatic N) is 3. The van der Waals surface area contributed by atoms with Crippen LogP contribution in [0.25, 0.3) is 0 Å². The van der Waals surface area contributed by atoms with Crippen molar-refractivity contribution in [2.24, 2.45) is 11.8 Å². The van der Waals surface area contributed by atoms with E-state index in [-0.39, 0.29) is 17.7 Å². The molecule has 7 heteroatoms. The van der Waals surface area contributed by atoms with Crippen molar-refractivity contribution in [1.29, 1.82) is 0 Å². The van der Waals surface area contributed by atoms with E-state index in [2.05, 4.69) is 17.0 Å². The summed E-state index contributed by atoms with van der Waals surface area (Å²) in [5, 5.41) is 0. The molecule has 1 amide bonds. The minimum absolute atomic E-state index is 0.0431. The van der Waals surface area contributed by atoms with Gasteiger partial charge in [0.2, 0.25) is 5.91 Å². The van der Waals surface area contributed by atoms with Crippen molar-refractivity contribution < 1.29 is 13.2 Å². The summed E-state index contributed by atoms with van der Waals surface area (Å²) in [5.41, 5.74) is 1.26. The minimum atomic E-state index is -3.38. The first-order valence-corrected chi connectivity index (χ1v) is 12.9. The maximum atomic E-state index is 13.3. The van der Waals surface area contributed by atoms with Crippen molar-refractivity contribution in [1.82, 2.24) is 13.5 Å². The fourth-order valence-corrected chi connectivity index (χ4v) is 6.58. The molecule has 1 atom stereocenters. The molecule has 0 saturated carbocycles. The lowest BCUT2D eigenvalue weighted by atomic mass is 9.81. The van der Waals surface area contributed by atoms with Gasteiger partial charge in [-0.15, -0.1) is 0 Å². The van der Waals surface area contributed by atoms with E-state index >= 15 is 0 Å². The van der Waals surface area contributed by atoms with Gasteiger partial charge in [-0.25, -0.2) is 0 Å². The molecule has 2 heterocycles. The monoisotopic (exact) mass is 435 g/mol. The Kier molecular flexibility index (Phi) is 8.31. The van der Waals surface area contributed by atoms with Gasteiger partial charge >= 0.3 is 0 Å². The van der Waals surface area contributed by atoms with Gasteiger partial charge < -0.3 is 4.90 Å². The smallest absolute Gasteiger partial charge is 0.281 e. The van der Waals surface area contributed by atoms with E-state index in [1.165, 1.54) is 9.87 Å². The largest absolute Gasteiger partial charge is 0.342 e. The second kappa shape index (κ2) is 10.7.